The summed E-state index contributed by atoms with van der Waals surface area (Å²) in [4.78, 5) is 4.48. The van der Waals surface area contributed by atoms with E-state index < -0.39 is 0 Å². The normalized spacial score (nSPS) is 20.8. The van der Waals surface area contributed by atoms with Crippen molar-refractivity contribution in [1.29, 1.82) is 0 Å². The van der Waals surface area contributed by atoms with Crippen LogP contribution in [0, 0.1) is 0 Å². The van der Waals surface area contributed by atoms with Crippen LogP contribution in [0.2, 0.25) is 0 Å². The Hall–Kier alpha value is -1.06. The van der Waals surface area contributed by atoms with Crippen molar-refractivity contribution in [3.63, 3.8) is 0 Å². The molecule has 1 aliphatic heterocycles. The minimum Gasteiger partial charge on any atom is -0.309 e. The molecule has 3 rings (SSSR count). The van der Waals surface area contributed by atoms with Crippen LogP contribution in [0.1, 0.15) is 31.4 Å². The summed E-state index contributed by atoms with van der Waals surface area (Å²) in [5.41, 5.74) is 2.48. The molecule has 0 radical (unpaired) electrons. The van der Waals surface area contributed by atoms with Crippen molar-refractivity contribution in [2.24, 2.45) is 0 Å². The van der Waals surface area contributed by atoms with Gasteiger partial charge in [0, 0.05) is 22.9 Å². The lowest BCUT2D eigenvalue weighted by molar-refractivity contribution is 0.519. The standard InChI is InChI=1S/C16H20N2S/c1-2-17-16(15-6-4-10-19-15)13-8-7-12-5-3-9-18-14(12)11-13/h3,5,7-9,11,15-17H,2,4,6,10H2,1H3. The van der Waals surface area contributed by atoms with Crippen LogP contribution in [0.15, 0.2) is 36.5 Å². The molecule has 2 unspecified atom stereocenters. The molecule has 1 aromatic heterocycles. The van der Waals surface area contributed by atoms with E-state index in [1.165, 1.54) is 29.5 Å². The van der Waals surface area contributed by atoms with Crippen LogP contribution in [0.5, 0.6) is 0 Å². The van der Waals surface area contributed by atoms with Gasteiger partial charge in [0.25, 0.3) is 0 Å². The number of nitrogens with zero attached hydrogens (tertiary/aromatic N) is 1. The van der Waals surface area contributed by atoms with Crippen molar-refractivity contribution in [2.75, 3.05) is 12.3 Å². The summed E-state index contributed by atoms with van der Waals surface area (Å²) in [5, 5.41) is 5.59. The molecule has 1 fully saturated rings. The second-order valence-corrected chi connectivity index (χ2v) is 6.39. The molecule has 1 aromatic carbocycles. The fourth-order valence-electron chi connectivity index (χ4n) is 2.83. The van der Waals surface area contributed by atoms with Crippen molar-refractivity contribution in [3.05, 3.63) is 42.1 Å². The summed E-state index contributed by atoms with van der Waals surface area (Å²) in [5.74, 6) is 1.30. The number of benzene rings is 1. The Morgan fingerprint density at radius 3 is 3.16 bits per heavy atom. The minimum absolute atomic E-state index is 0.462. The van der Waals surface area contributed by atoms with Crippen LogP contribution in [-0.4, -0.2) is 22.5 Å². The van der Waals surface area contributed by atoms with Crippen LogP contribution in [0.4, 0.5) is 0 Å². The molecule has 0 bridgehead atoms. The number of hydrogen-bond acceptors (Lipinski definition) is 3. The number of pyridine rings is 1. The molecule has 2 heterocycles. The smallest absolute Gasteiger partial charge is 0.0705 e. The van der Waals surface area contributed by atoms with E-state index in [1.807, 2.05) is 12.3 Å². The summed E-state index contributed by atoms with van der Waals surface area (Å²) < 4.78 is 0. The topological polar surface area (TPSA) is 24.9 Å². The maximum absolute atomic E-state index is 4.48. The van der Waals surface area contributed by atoms with Crippen molar-refractivity contribution < 1.29 is 0 Å². The van der Waals surface area contributed by atoms with Gasteiger partial charge in [0.15, 0.2) is 0 Å². The zero-order valence-corrected chi connectivity index (χ0v) is 12.1. The molecule has 0 aliphatic carbocycles. The van der Waals surface area contributed by atoms with Gasteiger partial charge in [-0.3, -0.25) is 4.98 Å². The largest absolute Gasteiger partial charge is 0.309 e. The summed E-state index contributed by atoms with van der Waals surface area (Å²) in [6.07, 6.45) is 4.55. The first-order valence-corrected chi connectivity index (χ1v) is 8.13. The van der Waals surface area contributed by atoms with Gasteiger partial charge in [-0.1, -0.05) is 25.1 Å². The lowest BCUT2D eigenvalue weighted by Crippen LogP contribution is -2.28. The highest BCUT2D eigenvalue weighted by Gasteiger charge is 2.26. The van der Waals surface area contributed by atoms with Gasteiger partial charge in [0.2, 0.25) is 0 Å². The third-order valence-electron chi connectivity index (χ3n) is 3.75. The first-order chi connectivity index (χ1) is 9.38. The first kappa shape index (κ1) is 12.9. The van der Waals surface area contributed by atoms with E-state index >= 15 is 0 Å². The minimum atomic E-state index is 0.462. The Balaban J connectivity index is 1.94. The highest BCUT2D eigenvalue weighted by molar-refractivity contribution is 8.00. The fraction of sp³-hybridized carbons (Fsp3) is 0.438. The molecular weight excluding hydrogens is 252 g/mol. The quantitative estimate of drug-likeness (QED) is 0.917. The van der Waals surface area contributed by atoms with Gasteiger partial charge in [-0.2, -0.15) is 11.8 Å². The average molecular weight is 272 g/mol. The molecule has 1 N–H and O–H groups in total. The highest BCUT2D eigenvalue weighted by atomic mass is 32.2. The summed E-state index contributed by atoms with van der Waals surface area (Å²) in [6.45, 7) is 3.20. The zero-order chi connectivity index (χ0) is 13.1. The van der Waals surface area contributed by atoms with Gasteiger partial charge in [0.1, 0.15) is 0 Å². The van der Waals surface area contributed by atoms with Crippen LogP contribution in [0.25, 0.3) is 10.9 Å². The van der Waals surface area contributed by atoms with Crippen LogP contribution in [0.3, 0.4) is 0 Å². The van der Waals surface area contributed by atoms with Crippen molar-refractivity contribution in [3.8, 4) is 0 Å². The summed E-state index contributed by atoms with van der Waals surface area (Å²) in [7, 11) is 0. The molecule has 1 aliphatic rings. The molecule has 19 heavy (non-hydrogen) atoms. The van der Waals surface area contributed by atoms with E-state index in [4.69, 9.17) is 0 Å². The van der Waals surface area contributed by atoms with E-state index in [1.54, 1.807) is 0 Å². The molecule has 3 heteroatoms. The third kappa shape index (κ3) is 2.77. The van der Waals surface area contributed by atoms with Gasteiger partial charge < -0.3 is 5.32 Å². The van der Waals surface area contributed by atoms with E-state index in [9.17, 15) is 0 Å². The number of fused-ring (bicyclic) bond motifs is 1. The van der Waals surface area contributed by atoms with E-state index in [0.717, 1.165) is 12.1 Å². The van der Waals surface area contributed by atoms with Crippen LogP contribution < -0.4 is 5.32 Å². The SMILES string of the molecule is CCNC(c1ccc2cccnc2c1)C1CCCS1. The summed E-state index contributed by atoms with van der Waals surface area (Å²) >= 11 is 2.11. The van der Waals surface area contributed by atoms with Crippen LogP contribution in [-0.2, 0) is 0 Å². The molecule has 100 valence electrons. The van der Waals surface area contributed by atoms with Crippen LogP contribution >= 0.6 is 11.8 Å². The van der Waals surface area contributed by atoms with Crippen molar-refractivity contribution in [1.82, 2.24) is 10.3 Å². The second-order valence-electron chi connectivity index (χ2n) is 5.04. The number of hydrogen-bond donors (Lipinski definition) is 1. The van der Waals surface area contributed by atoms with Gasteiger partial charge in [-0.25, -0.2) is 0 Å². The highest BCUT2D eigenvalue weighted by Crippen LogP contribution is 2.36. The van der Waals surface area contributed by atoms with E-state index in [0.29, 0.717) is 11.3 Å². The predicted octanol–water partition coefficient (Wildman–Crippen LogP) is 3.78. The molecule has 2 nitrogen and oxygen atoms in total. The molecule has 1 saturated heterocycles. The average Bonchev–Trinajstić information content (AvgIpc) is 2.98. The Bertz CT molecular complexity index is 549. The zero-order valence-electron chi connectivity index (χ0n) is 11.3. The third-order valence-corrected chi connectivity index (χ3v) is 5.21. The first-order valence-electron chi connectivity index (χ1n) is 7.08. The van der Waals surface area contributed by atoms with Crippen molar-refractivity contribution >= 4 is 22.7 Å². The van der Waals surface area contributed by atoms with Gasteiger partial charge in [-0.05, 0) is 42.8 Å². The monoisotopic (exact) mass is 272 g/mol. The maximum Gasteiger partial charge on any atom is 0.0705 e. The fourth-order valence-corrected chi connectivity index (χ4v) is 4.24. The van der Waals surface area contributed by atoms with Gasteiger partial charge in [0.05, 0.1) is 5.52 Å². The van der Waals surface area contributed by atoms with Gasteiger partial charge >= 0.3 is 0 Å². The van der Waals surface area contributed by atoms with Crippen molar-refractivity contribution in [2.45, 2.75) is 31.1 Å². The molecule has 0 spiro atoms. The molecule has 0 saturated carbocycles. The molecule has 2 atom stereocenters. The maximum atomic E-state index is 4.48. The lowest BCUT2D eigenvalue weighted by Gasteiger charge is -2.24. The Morgan fingerprint density at radius 2 is 2.37 bits per heavy atom. The molecule has 0 amide bonds. The lowest BCUT2D eigenvalue weighted by atomic mass is 9.99. The molecular formula is C16H20N2S. The van der Waals surface area contributed by atoms with E-state index in [-0.39, 0.29) is 0 Å². The molecule has 2 aromatic rings. The van der Waals surface area contributed by atoms with Gasteiger partial charge in [-0.15, -0.1) is 0 Å². The second kappa shape index (κ2) is 5.93. The van der Waals surface area contributed by atoms with E-state index in [2.05, 4.69) is 53.3 Å². The number of thioether (sulfide) groups is 1. The number of aromatic nitrogens is 1. The Morgan fingerprint density at radius 1 is 1.42 bits per heavy atom. The predicted molar refractivity (Wildman–Crippen MR) is 83.6 cm³/mol. The summed E-state index contributed by atoms with van der Waals surface area (Å²) in [6, 6.07) is 11.3. The number of rotatable bonds is 4. The Kier molecular flexibility index (Phi) is 4.04. The number of nitrogens with one attached hydrogen (secondary N) is 1. The Labute approximate surface area is 119 Å².